The maximum absolute atomic E-state index is 12.7. The summed E-state index contributed by atoms with van der Waals surface area (Å²) in [6.45, 7) is 0.501. The van der Waals surface area contributed by atoms with E-state index < -0.39 is 17.8 Å². The molecule has 3 rings (SSSR count). The van der Waals surface area contributed by atoms with Crippen LogP contribution in [-0.4, -0.2) is 59.7 Å². The van der Waals surface area contributed by atoms with Crippen molar-refractivity contribution >= 4 is 17.7 Å². The number of hydrogen-bond acceptors (Lipinski definition) is 3. The molecule has 0 bridgehead atoms. The fourth-order valence-electron chi connectivity index (χ4n) is 3.06. The zero-order valence-electron chi connectivity index (χ0n) is 13.2. The molecule has 2 heterocycles. The number of amides is 3. The molecule has 0 aliphatic carbocycles. The SMILES string of the molecule is O=C1NCC(=O)N2CCN(C(=O)Cc3cccc(C(F)(F)F)c3)C[C@@H]12. The number of carbonyl (C=O) groups excluding carboxylic acids is 3. The number of carbonyl (C=O) groups is 3. The van der Waals surface area contributed by atoms with E-state index in [1.165, 1.54) is 21.9 Å². The van der Waals surface area contributed by atoms with Crippen molar-refractivity contribution in [1.82, 2.24) is 15.1 Å². The van der Waals surface area contributed by atoms with Gasteiger partial charge in [0, 0.05) is 13.1 Å². The number of alkyl halides is 3. The second kappa shape index (κ2) is 6.38. The molecular weight excluding hydrogens is 339 g/mol. The Hall–Kier alpha value is -2.58. The van der Waals surface area contributed by atoms with Crippen LogP contribution in [0.2, 0.25) is 0 Å². The van der Waals surface area contributed by atoms with Gasteiger partial charge >= 0.3 is 6.18 Å². The van der Waals surface area contributed by atoms with Gasteiger partial charge in [0.05, 0.1) is 25.1 Å². The Morgan fingerprint density at radius 2 is 2.00 bits per heavy atom. The van der Waals surface area contributed by atoms with E-state index in [1.807, 2.05) is 0 Å². The molecule has 6 nitrogen and oxygen atoms in total. The fourth-order valence-corrected chi connectivity index (χ4v) is 3.06. The Balaban J connectivity index is 1.68. The molecule has 1 aromatic rings. The lowest BCUT2D eigenvalue weighted by molar-refractivity contribution is -0.152. The first-order chi connectivity index (χ1) is 11.8. The zero-order chi connectivity index (χ0) is 18.2. The third kappa shape index (κ3) is 3.59. The Morgan fingerprint density at radius 3 is 2.72 bits per heavy atom. The summed E-state index contributed by atoms with van der Waals surface area (Å²) in [4.78, 5) is 38.9. The van der Waals surface area contributed by atoms with Gasteiger partial charge in [-0.05, 0) is 11.6 Å². The van der Waals surface area contributed by atoms with E-state index in [9.17, 15) is 27.6 Å². The molecule has 2 saturated heterocycles. The molecule has 1 atom stereocenters. The van der Waals surface area contributed by atoms with Crippen molar-refractivity contribution in [3.63, 3.8) is 0 Å². The topological polar surface area (TPSA) is 69.7 Å². The number of piperazine rings is 2. The van der Waals surface area contributed by atoms with Crippen LogP contribution in [0.25, 0.3) is 0 Å². The van der Waals surface area contributed by atoms with Gasteiger partial charge in [-0.3, -0.25) is 14.4 Å². The van der Waals surface area contributed by atoms with E-state index in [-0.39, 0.29) is 55.9 Å². The van der Waals surface area contributed by atoms with E-state index in [1.54, 1.807) is 0 Å². The highest BCUT2D eigenvalue weighted by atomic mass is 19.4. The van der Waals surface area contributed by atoms with E-state index in [0.717, 1.165) is 12.1 Å². The first-order valence-corrected chi connectivity index (χ1v) is 7.77. The predicted molar refractivity (Wildman–Crippen MR) is 80.2 cm³/mol. The molecule has 2 fully saturated rings. The van der Waals surface area contributed by atoms with Crippen molar-refractivity contribution in [2.45, 2.75) is 18.6 Å². The van der Waals surface area contributed by atoms with Crippen LogP contribution in [0.15, 0.2) is 24.3 Å². The monoisotopic (exact) mass is 355 g/mol. The molecule has 134 valence electrons. The molecule has 0 aromatic heterocycles. The maximum Gasteiger partial charge on any atom is 0.416 e. The predicted octanol–water partition coefficient (Wildman–Crippen LogP) is 0.417. The molecule has 1 N–H and O–H groups in total. The molecule has 0 saturated carbocycles. The minimum absolute atomic E-state index is 0.0481. The highest BCUT2D eigenvalue weighted by Gasteiger charge is 2.39. The first-order valence-electron chi connectivity index (χ1n) is 7.77. The largest absolute Gasteiger partial charge is 0.416 e. The summed E-state index contributed by atoms with van der Waals surface area (Å²) >= 11 is 0. The van der Waals surface area contributed by atoms with Crippen LogP contribution < -0.4 is 5.32 Å². The number of fused-ring (bicyclic) bond motifs is 1. The Kier molecular flexibility index (Phi) is 4.40. The van der Waals surface area contributed by atoms with Crippen LogP contribution in [-0.2, 0) is 27.0 Å². The van der Waals surface area contributed by atoms with Gasteiger partial charge in [0.25, 0.3) is 0 Å². The third-order valence-electron chi connectivity index (χ3n) is 4.38. The molecular formula is C16H16F3N3O3. The van der Waals surface area contributed by atoms with Crippen molar-refractivity contribution in [3.8, 4) is 0 Å². The Labute approximate surface area is 141 Å². The molecule has 0 spiro atoms. The summed E-state index contributed by atoms with van der Waals surface area (Å²) in [5.74, 6) is -0.893. The molecule has 0 unspecified atom stereocenters. The molecule has 0 radical (unpaired) electrons. The fraction of sp³-hybridized carbons (Fsp3) is 0.438. The highest BCUT2D eigenvalue weighted by Crippen LogP contribution is 2.29. The van der Waals surface area contributed by atoms with Crippen LogP contribution in [0.4, 0.5) is 13.2 Å². The molecule has 2 aliphatic rings. The lowest BCUT2D eigenvalue weighted by Crippen LogP contribution is -2.66. The molecule has 3 amide bonds. The second-order valence-electron chi connectivity index (χ2n) is 6.04. The van der Waals surface area contributed by atoms with Crippen LogP contribution in [0.5, 0.6) is 0 Å². The summed E-state index contributed by atoms with van der Waals surface area (Å²) in [5.41, 5.74) is -0.550. The van der Waals surface area contributed by atoms with Crippen LogP contribution in [0.1, 0.15) is 11.1 Å². The van der Waals surface area contributed by atoms with Gasteiger partial charge in [0.2, 0.25) is 17.7 Å². The summed E-state index contributed by atoms with van der Waals surface area (Å²) in [6, 6.07) is 3.88. The van der Waals surface area contributed by atoms with E-state index >= 15 is 0 Å². The van der Waals surface area contributed by atoms with E-state index in [2.05, 4.69) is 5.32 Å². The summed E-state index contributed by atoms with van der Waals surface area (Å²) in [5, 5.41) is 2.47. The molecule has 2 aliphatic heterocycles. The standard InChI is InChI=1S/C16H16F3N3O3/c17-16(18,19)11-3-1-2-10(6-11)7-13(23)21-4-5-22-12(9-21)15(25)20-8-14(22)24/h1-3,6,12H,4-5,7-9H2,(H,20,25)/t12-/m0/s1. The molecule has 1 aromatic carbocycles. The minimum Gasteiger partial charge on any atom is -0.345 e. The van der Waals surface area contributed by atoms with E-state index in [0.29, 0.717) is 0 Å². The van der Waals surface area contributed by atoms with Crippen molar-refractivity contribution in [2.24, 2.45) is 0 Å². The number of hydrogen-bond donors (Lipinski definition) is 1. The van der Waals surface area contributed by atoms with Gasteiger partial charge in [0.1, 0.15) is 6.04 Å². The average Bonchev–Trinajstić information content (AvgIpc) is 2.57. The van der Waals surface area contributed by atoms with Crippen molar-refractivity contribution < 1.29 is 27.6 Å². The van der Waals surface area contributed by atoms with E-state index in [4.69, 9.17) is 0 Å². The number of benzene rings is 1. The van der Waals surface area contributed by atoms with Crippen LogP contribution in [0, 0.1) is 0 Å². The summed E-state index contributed by atoms with van der Waals surface area (Å²) in [7, 11) is 0. The number of halogens is 3. The van der Waals surface area contributed by atoms with Gasteiger partial charge in [-0.25, -0.2) is 0 Å². The number of nitrogens with one attached hydrogen (secondary N) is 1. The van der Waals surface area contributed by atoms with Gasteiger partial charge in [-0.2, -0.15) is 13.2 Å². The van der Waals surface area contributed by atoms with Crippen LogP contribution >= 0.6 is 0 Å². The Morgan fingerprint density at radius 1 is 1.24 bits per heavy atom. The number of nitrogens with zero attached hydrogens (tertiary/aromatic N) is 2. The average molecular weight is 355 g/mol. The maximum atomic E-state index is 12.7. The Bertz CT molecular complexity index is 720. The van der Waals surface area contributed by atoms with Gasteiger partial charge < -0.3 is 15.1 Å². The normalized spacial score (nSPS) is 21.0. The van der Waals surface area contributed by atoms with Gasteiger partial charge in [-0.1, -0.05) is 18.2 Å². The van der Waals surface area contributed by atoms with Crippen molar-refractivity contribution in [3.05, 3.63) is 35.4 Å². The van der Waals surface area contributed by atoms with Crippen molar-refractivity contribution in [1.29, 1.82) is 0 Å². The van der Waals surface area contributed by atoms with Gasteiger partial charge in [0.15, 0.2) is 0 Å². The highest BCUT2D eigenvalue weighted by molar-refractivity contribution is 5.95. The first kappa shape index (κ1) is 17.2. The third-order valence-corrected chi connectivity index (χ3v) is 4.38. The second-order valence-corrected chi connectivity index (χ2v) is 6.04. The quantitative estimate of drug-likeness (QED) is 0.836. The number of rotatable bonds is 2. The van der Waals surface area contributed by atoms with Crippen LogP contribution in [0.3, 0.4) is 0 Å². The smallest absolute Gasteiger partial charge is 0.345 e. The van der Waals surface area contributed by atoms with Gasteiger partial charge in [-0.15, -0.1) is 0 Å². The summed E-state index contributed by atoms with van der Waals surface area (Å²) < 4.78 is 38.2. The zero-order valence-corrected chi connectivity index (χ0v) is 13.2. The lowest BCUT2D eigenvalue weighted by Gasteiger charge is -2.42. The van der Waals surface area contributed by atoms with Crippen molar-refractivity contribution in [2.75, 3.05) is 26.2 Å². The molecule has 9 heteroatoms. The minimum atomic E-state index is -4.47. The lowest BCUT2D eigenvalue weighted by atomic mass is 10.0. The summed E-state index contributed by atoms with van der Waals surface area (Å²) in [6.07, 6.45) is -4.66. The molecule has 25 heavy (non-hydrogen) atoms.